The lowest BCUT2D eigenvalue weighted by Gasteiger charge is -2.07. The van der Waals surface area contributed by atoms with Crippen molar-refractivity contribution in [3.05, 3.63) is 75.9 Å². The number of rotatable bonds is 4. The molecule has 2 rings (SSSR count). The zero-order valence-electron chi connectivity index (χ0n) is 11.0. The van der Waals surface area contributed by atoms with Crippen LogP contribution in [0.15, 0.2) is 53.4 Å². The molecule has 0 unspecified atom stereocenters. The van der Waals surface area contributed by atoms with E-state index in [0.29, 0.717) is 10.5 Å². The van der Waals surface area contributed by atoms with E-state index in [2.05, 4.69) is 0 Å². The number of thioether (sulfide) groups is 1. The fourth-order valence-electron chi connectivity index (χ4n) is 1.68. The van der Waals surface area contributed by atoms with Crippen molar-refractivity contribution in [2.75, 3.05) is 0 Å². The molecule has 22 heavy (non-hydrogen) atoms. The minimum Gasteiger partial charge on any atom is -0.258 e. The predicted molar refractivity (Wildman–Crippen MR) is 78.9 cm³/mol. The second kappa shape index (κ2) is 6.83. The Balaban J connectivity index is 2.39. The molecule has 0 N–H and O–H groups in total. The largest absolute Gasteiger partial charge is 0.270 e. The number of hydrogen-bond acceptors (Lipinski definition) is 4. The molecule has 0 amide bonds. The minimum absolute atomic E-state index is 0.120. The van der Waals surface area contributed by atoms with Crippen LogP contribution in [0, 0.1) is 33.1 Å². The fraction of sp³-hybridized carbons (Fsp3) is 0. The van der Waals surface area contributed by atoms with Gasteiger partial charge in [0.2, 0.25) is 0 Å². The van der Waals surface area contributed by atoms with Crippen LogP contribution < -0.4 is 0 Å². The highest BCUT2D eigenvalue weighted by atomic mass is 32.2. The number of halogens is 2. The number of non-ortho nitro benzene ring substituents is 1. The van der Waals surface area contributed by atoms with Crippen molar-refractivity contribution in [2.24, 2.45) is 0 Å². The lowest BCUT2D eigenvalue weighted by Crippen LogP contribution is -1.90. The molecule has 0 aromatic heterocycles. The second-order valence-corrected chi connectivity index (χ2v) is 5.21. The van der Waals surface area contributed by atoms with Crippen LogP contribution in [0.25, 0.3) is 4.91 Å². The van der Waals surface area contributed by atoms with E-state index in [1.807, 2.05) is 6.07 Å². The van der Waals surface area contributed by atoms with Crippen LogP contribution in [0.1, 0.15) is 5.56 Å². The molecule has 0 bridgehead atoms. The number of hydrogen-bond donors (Lipinski definition) is 0. The minimum atomic E-state index is -0.765. The average molecular weight is 318 g/mol. The van der Waals surface area contributed by atoms with Gasteiger partial charge in [0.05, 0.1) is 11.0 Å². The Kier molecular flexibility index (Phi) is 4.86. The maximum absolute atomic E-state index is 13.7. The summed E-state index contributed by atoms with van der Waals surface area (Å²) in [6.45, 7) is 0. The molecule has 2 aromatic rings. The third-order valence-corrected chi connectivity index (χ3v) is 3.78. The maximum atomic E-state index is 13.7. The molecule has 0 saturated carbocycles. The summed E-state index contributed by atoms with van der Waals surface area (Å²) in [6.07, 6.45) is 1.16. The second-order valence-electron chi connectivity index (χ2n) is 4.12. The highest BCUT2D eigenvalue weighted by Gasteiger charge is 2.12. The van der Waals surface area contributed by atoms with Gasteiger partial charge in [-0.1, -0.05) is 23.9 Å². The Morgan fingerprint density at radius 3 is 2.68 bits per heavy atom. The normalized spacial score (nSPS) is 11.0. The van der Waals surface area contributed by atoms with Gasteiger partial charge in [0.25, 0.3) is 5.69 Å². The van der Waals surface area contributed by atoms with Crippen molar-refractivity contribution >= 4 is 22.4 Å². The number of allylic oxidation sites excluding steroid dienone is 1. The van der Waals surface area contributed by atoms with Gasteiger partial charge in [0.1, 0.15) is 11.6 Å². The van der Waals surface area contributed by atoms with Gasteiger partial charge in [-0.15, -0.1) is 0 Å². The van der Waals surface area contributed by atoms with Gasteiger partial charge in [-0.25, -0.2) is 8.78 Å². The highest BCUT2D eigenvalue weighted by Crippen LogP contribution is 2.36. The Morgan fingerprint density at radius 1 is 1.27 bits per heavy atom. The molecule has 0 atom stereocenters. The van der Waals surface area contributed by atoms with E-state index in [1.165, 1.54) is 24.3 Å². The number of nitrogens with zero attached hydrogens (tertiary/aromatic N) is 2. The SMILES string of the molecule is N#C/C=C(/Sc1ccc(F)cc1F)c1cccc([N+](=O)[O-])c1. The van der Waals surface area contributed by atoms with E-state index >= 15 is 0 Å². The highest BCUT2D eigenvalue weighted by molar-refractivity contribution is 8.08. The van der Waals surface area contributed by atoms with E-state index in [9.17, 15) is 18.9 Å². The molecule has 110 valence electrons. The number of nitro groups is 1. The number of benzene rings is 2. The van der Waals surface area contributed by atoms with Gasteiger partial charge in [0, 0.05) is 34.1 Å². The smallest absolute Gasteiger partial charge is 0.258 e. The first-order valence-electron chi connectivity index (χ1n) is 5.99. The molecule has 0 radical (unpaired) electrons. The van der Waals surface area contributed by atoms with Gasteiger partial charge in [0.15, 0.2) is 0 Å². The van der Waals surface area contributed by atoms with Gasteiger partial charge in [-0.2, -0.15) is 5.26 Å². The molecule has 0 aliphatic heterocycles. The molecule has 0 saturated heterocycles. The van der Waals surface area contributed by atoms with Gasteiger partial charge < -0.3 is 0 Å². The summed E-state index contributed by atoms with van der Waals surface area (Å²) < 4.78 is 26.6. The third-order valence-electron chi connectivity index (χ3n) is 2.65. The van der Waals surface area contributed by atoms with E-state index in [0.717, 1.165) is 30.0 Å². The average Bonchev–Trinajstić information content (AvgIpc) is 2.49. The van der Waals surface area contributed by atoms with Crippen LogP contribution in [-0.2, 0) is 0 Å². The fourth-order valence-corrected chi connectivity index (χ4v) is 2.57. The first-order chi connectivity index (χ1) is 10.5. The van der Waals surface area contributed by atoms with Crippen molar-refractivity contribution in [1.82, 2.24) is 0 Å². The van der Waals surface area contributed by atoms with Crippen LogP contribution in [0.2, 0.25) is 0 Å². The summed E-state index contributed by atoms with van der Waals surface area (Å²) in [5.74, 6) is -1.47. The van der Waals surface area contributed by atoms with Crippen LogP contribution >= 0.6 is 11.8 Å². The molecular weight excluding hydrogens is 310 g/mol. The van der Waals surface area contributed by atoms with Crippen molar-refractivity contribution in [2.45, 2.75) is 4.90 Å². The zero-order valence-corrected chi connectivity index (χ0v) is 11.8. The summed E-state index contributed by atoms with van der Waals surface area (Å²) in [4.78, 5) is 10.7. The van der Waals surface area contributed by atoms with Crippen LogP contribution in [-0.4, -0.2) is 4.92 Å². The topological polar surface area (TPSA) is 66.9 Å². The molecule has 4 nitrogen and oxygen atoms in total. The van der Waals surface area contributed by atoms with Crippen molar-refractivity contribution in [3.8, 4) is 6.07 Å². The molecule has 2 aromatic carbocycles. The predicted octanol–water partition coefficient (Wildman–Crippen LogP) is 4.53. The molecular formula is C15H8F2N2O2S. The van der Waals surface area contributed by atoms with E-state index in [1.54, 1.807) is 6.07 Å². The standard InChI is InChI=1S/C15H8F2N2O2S/c16-11-4-5-15(13(17)9-11)22-14(6-7-18)10-2-1-3-12(8-10)19(20)21/h1-6,8-9H/b14-6+. The molecule has 0 heterocycles. The Labute approximate surface area is 128 Å². The van der Waals surface area contributed by atoms with Gasteiger partial charge in [-0.05, 0) is 17.7 Å². The molecule has 0 spiro atoms. The summed E-state index contributed by atoms with van der Waals surface area (Å²) >= 11 is 0.896. The first kappa shape index (κ1) is 15.7. The van der Waals surface area contributed by atoms with Gasteiger partial charge in [-0.3, -0.25) is 10.1 Å². The maximum Gasteiger partial charge on any atom is 0.270 e. The van der Waals surface area contributed by atoms with Crippen LogP contribution in [0.5, 0.6) is 0 Å². The third kappa shape index (κ3) is 3.68. The van der Waals surface area contributed by atoms with Crippen LogP contribution in [0.3, 0.4) is 0 Å². The summed E-state index contributed by atoms with van der Waals surface area (Å²) in [7, 11) is 0. The first-order valence-corrected chi connectivity index (χ1v) is 6.80. The zero-order chi connectivity index (χ0) is 16.1. The van der Waals surface area contributed by atoms with E-state index in [-0.39, 0.29) is 10.6 Å². The van der Waals surface area contributed by atoms with Gasteiger partial charge >= 0.3 is 0 Å². The summed E-state index contributed by atoms with van der Waals surface area (Å²) in [5.41, 5.74) is 0.269. The molecule has 0 aliphatic carbocycles. The van der Waals surface area contributed by atoms with Crippen molar-refractivity contribution < 1.29 is 13.7 Å². The summed E-state index contributed by atoms with van der Waals surface area (Å²) in [5, 5.41) is 19.6. The quantitative estimate of drug-likeness (QED) is 0.359. The van der Waals surface area contributed by atoms with E-state index in [4.69, 9.17) is 5.26 Å². The Morgan fingerprint density at radius 2 is 2.05 bits per heavy atom. The van der Waals surface area contributed by atoms with Crippen molar-refractivity contribution in [1.29, 1.82) is 5.26 Å². The Bertz CT molecular complexity index is 800. The number of nitro benzene ring substituents is 1. The molecule has 0 fully saturated rings. The lowest BCUT2D eigenvalue weighted by molar-refractivity contribution is -0.384. The Hall–Kier alpha value is -2.72. The van der Waals surface area contributed by atoms with Crippen LogP contribution in [0.4, 0.5) is 14.5 Å². The van der Waals surface area contributed by atoms with Crippen molar-refractivity contribution in [3.63, 3.8) is 0 Å². The van der Waals surface area contributed by atoms with E-state index < -0.39 is 16.6 Å². The summed E-state index contributed by atoms with van der Waals surface area (Å²) in [6, 6.07) is 10.6. The number of nitriles is 1. The lowest BCUT2D eigenvalue weighted by atomic mass is 10.2. The monoisotopic (exact) mass is 318 g/mol. The molecule has 0 aliphatic rings. The molecule has 7 heteroatoms.